The largest absolute Gasteiger partial charge is 0.370 e. The summed E-state index contributed by atoms with van der Waals surface area (Å²) in [6, 6.07) is 8.52. The third-order valence-corrected chi connectivity index (χ3v) is 5.79. The Bertz CT molecular complexity index is 1110. The molecular formula is C21H26N8O. The molecule has 2 aliphatic heterocycles. The number of carbonyl (C=O) groups excluding carboxylic acids is 1. The Morgan fingerprint density at radius 3 is 2.83 bits per heavy atom. The molecule has 0 spiro atoms. The number of aliphatic imine (C=N–C) groups is 1. The number of hydrogen-bond donors (Lipinski definition) is 5. The van der Waals surface area contributed by atoms with Crippen LogP contribution in [-0.2, 0) is 0 Å². The van der Waals surface area contributed by atoms with Gasteiger partial charge in [0.25, 0.3) is 5.91 Å². The van der Waals surface area contributed by atoms with E-state index in [0.29, 0.717) is 24.7 Å². The van der Waals surface area contributed by atoms with Gasteiger partial charge in [-0.1, -0.05) is 0 Å². The van der Waals surface area contributed by atoms with Gasteiger partial charge in [0.1, 0.15) is 5.69 Å². The highest BCUT2D eigenvalue weighted by Gasteiger charge is 2.17. The maximum atomic E-state index is 12.6. The standard InChI is InChI=1S/C21H26N8O/c22-21-26-11-13(27-21)3-4-24-20(30)18-10-16-15-9-14(29-7-5-23-6-8-29)1-2-17(15)28-19(16)12-25-18/h1-2,9-10,12-13,23,28H,3-8,11H2,(H,24,30)(H3,22,26,27). The fraction of sp³-hybridized carbons (Fsp3) is 0.381. The van der Waals surface area contributed by atoms with Crippen LogP contribution in [0.5, 0.6) is 0 Å². The number of amides is 1. The summed E-state index contributed by atoms with van der Waals surface area (Å²) in [5.74, 6) is 0.300. The highest BCUT2D eigenvalue weighted by Crippen LogP contribution is 2.29. The summed E-state index contributed by atoms with van der Waals surface area (Å²) in [7, 11) is 0. The molecule has 0 bridgehead atoms. The summed E-state index contributed by atoms with van der Waals surface area (Å²) in [6.45, 7) is 5.17. The van der Waals surface area contributed by atoms with E-state index in [9.17, 15) is 4.79 Å². The summed E-state index contributed by atoms with van der Waals surface area (Å²) in [6.07, 6.45) is 2.50. The number of hydrogen-bond acceptors (Lipinski definition) is 7. The Labute approximate surface area is 174 Å². The van der Waals surface area contributed by atoms with Crippen molar-refractivity contribution in [3.05, 3.63) is 36.2 Å². The van der Waals surface area contributed by atoms with Gasteiger partial charge < -0.3 is 31.6 Å². The van der Waals surface area contributed by atoms with Crippen LogP contribution in [0.25, 0.3) is 21.8 Å². The molecule has 1 saturated heterocycles. The third kappa shape index (κ3) is 3.63. The first-order valence-electron chi connectivity index (χ1n) is 10.4. The molecule has 3 aromatic rings. The molecule has 6 N–H and O–H groups in total. The Morgan fingerprint density at radius 1 is 1.20 bits per heavy atom. The van der Waals surface area contributed by atoms with Crippen molar-refractivity contribution in [2.45, 2.75) is 12.5 Å². The van der Waals surface area contributed by atoms with Gasteiger partial charge in [0.15, 0.2) is 5.96 Å². The lowest BCUT2D eigenvalue weighted by molar-refractivity contribution is 0.0948. The van der Waals surface area contributed by atoms with E-state index in [-0.39, 0.29) is 11.9 Å². The molecule has 1 fully saturated rings. The predicted octanol–water partition coefficient (Wildman–Crippen LogP) is 0.532. The predicted molar refractivity (Wildman–Crippen MR) is 119 cm³/mol. The van der Waals surface area contributed by atoms with Gasteiger partial charge in [-0.05, 0) is 30.7 Å². The first kappa shape index (κ1) is 18.7. The van der Waals surface area contributed by atoms with Gasteiger partial charge in [-0.3, -0.25) is 9.79 Å². The summed E-state index contributed by atoms with van der Waals surface area (Å²) in [5.41, 5.74) is 9.24. The average Bonchev–Trinajstić information content (AvgIpc) is 3.36. The van der Waals surface area contributed by atoms with Gasteiger partial charge in [0.2, 0.25) is 0 Å². The molecule has 1 unspecified atom stereocenters. The van der Waals surface area contributed by atoms with E-state index in [4.69, 9.17) is 5.73 Å². The number of pyridine rings is 1. The van der Waals surface area contributed by atoms with Gasteiger partial charge in [-0.2, -0.15) is 0 Å². The lowest BCUT2D eigenvalue weighted by atomic mass is 10.1. The molecule has 0 saturated carbocycles. The zero-order valence-electron chi connectivity index (χ0n) is 16.7. The zero-order chi connectivity index (χ0) is 20.5. The Kier molecular flexibility index (Phi) is 4.88. The molecule has 9 heteroatoms. The van der Waals surface area contributed by atoms with Gasteiger partial charge in [0, 0.05) is 54.7 Å². The van der Waals surface area contributed by atoms with Crippen LogP contribution in [-0.4, -0.2) is 67.1 Å². The number of anilines is 1. The maximum Gasteiger partial charge on any atom is 0.269 e. The van der Waals surface area contributed by atoms with Crippen molar-refractivity contribution in [1.29, 1.82) is 0 Å². The van der Waals surface area contributed by atoms with E-state index in [2.05, 4.69) is 54.0 Å². The van der Waals surface area contributed by atoms with Gasteiger partial charge in [0.05, 0.1) is 24.3 Å². The van der Waals surface area contributed by atoms with E-state index in [0.717, 1.165) is 54.4 Å². The molecule has 5 rings (SSSR count). The summed E-state index contributed by atoms with van der Waals surface area (Å²) in [5, 5.41) is 11.6. The second kappa shape index (κ2) is 7.83. The number of carbonyl (C=O) groups is 1. The van der Waals surface area contributed by atoms with Crippen LogP contribution in [0.15, 0.2) is 35.5 Å². The molecular weight excluding hydrogens is 380 g/mol. The van der Waals surface area contributed by atoms with Crippen molar-refractivity contribution in [2.75, 3.05) is 44.2 Å². The van der Waals surface area contributed by atoms with E-state index in [1.54, 1.807) is 6.20 Å². The highest BCUT2D eigenvalue weighted by molar-refractivity contribution is 6.10. The Hall–Kier alpha value is -3.33. The lowest BCUT2D eigenvalue weighted by Gasteiger charge is -2.29. The molecule has 30 heavy (non-hydrogen) atoms. The van der Waals surface area contributed by atoms with Crippen LogP contribution in [0.4, 0.5) is 5.69 Å². The van der Waals surface area contributed by atoms with Crippen LogP contribution in [0.3, 0.4) is 0 Å². The number of rotatable bonds is 5. The molecule has 0 radical (unpaired) electrons. The van der Waals surface area contributed by atoms with Gasteiger partial charge in [-0.25, -0.2) is 4.98 Å². The Morgan fingerprint density at radius 2 is 2.03 bits per heavy atom. The van der Waals surface area contributed by atoms with Gasteiger partial charge in [-0.15, -0.1) is 0 Å². The minimum atomic E-state index is -0.170. The number of guanidine groups is 1. The molecule has 2 aliphatic rings. The van der Waals surface area contributed by atoms with Crippen molar-refractivity contribution in [1.82, 2.24) is 25.9 Å². The van der Waals surface area contributed by atoms with Crippen LogP contribution in [0, 0.1) is 0 Å². The van der Waals surface area contributed by atoms with Crippen molar-refractivity contribution in [3.63, 3.8) is 0 Å². The Balaban J connectivity index is 1.34. The summed E-state index contributed by atoms with van der Waals surface area (Å²) < 4.78 is 0. The van der Waals surface area contributed by atoms with Crippen molar-refractivity contribution >= 4 is 39.4 Å². The van der Waals surface area contributed by atoms with Crippen molar-refractivity contribution in [2.24, 2.45) is 10.7 Å². The number of nitrogens with two attached hydrogens (primary N) is 1. The van der Waals surface area contributed by atoms with E-state index in [1.807, 2.05) is 6.07 Å². The fourth-order valence-electron chi connectivity index (χ4n) is 4.15. The second-order valence-corrected chi connectivity index (χ2v) is 7.82. The number of H-pyrrole nitrogens is 1. The number of benzene rings is 1. The number of fused-ring (bicyclic) bond motifs is 3. The molecule has 1 aromatic carbocycles. The molecule has 4 heterocycles. The number of nitrogens with one attached hydrogen (secondary N) is 4. The van der Waals surface area contributed by atoms with Crippen molar-refractivity contribution in [3.8, 4) is 0 Å². The van der Waals surface area contributed by atoms with Crippen LogP contribution >= 0.6 is 0 Å². The van der Waals surface area contributed by atoms with Gasteiger partial charge >= 0.3 is 0 Å². The topological polar surface area (TPSA) is 123 Å². The first-order valence-corrected chi connectivity index (χ1v) is 10.4. The molecule has 1 amide bonds. The SMILES string of the molecule is NC1=NCC(CCNC(=O)c2cc3c(cn2)[nH]c2ccc(N4CCNCC4)cc23)N1. The monoisotopic (exact) mass is 406 g/mol. The zero-order valence-corrected chi connectivity index (χ0v) is 16.7. The lowest BCUT2D eigenvalue weighted by Crippen LogP contribution is -2.43. The first-order chi connectivity index (χ1) is 14.7. The summed E-state index contributed by atoms with van der Waals surface area (Å²) >= 11 is 0. The maximum absolute atomic E-state index is 12.6. The highest BCUT2D eigenvalue weighted by atomic mass is 16.1. The quantitative estimate of drug-likeness (QED) is 0.421. The third-order valence-electron chi connectivity index (χ3n) is 5.79. The molecule has 1 atom stereocenters. The van der Waals surface area contributed by atoms with Crippen LogP contribution in [0.2, 0.25) is 0 Å². The fourth-order valence-corrected chi connectivity index (χ4v) is 4.15. The minimum Gasteiger partial charge on any atom is -0.370 e. The van der Waals surface area contributed by atoms with Crippen LogP contribution < -0.4 is 26.6 Å². The number of nitrogens with zero attached hydrogens (tertiary/aromatic N) is 3. The van der Waals surface area contributed by atoms with E-state index in [1.165, 1.54) is 5.69 Å². The summed E-state index contributed by atoms with van der Waals surface area (Å²) in [4.78, 5) is 26.9. The van der Waals surface area contributed by atoms with Crippen molar-refractivity contribution < 1.29 is 4.79 Å². The van der Waals surface area contributed by atoms with E-state index >= 15 is 0 Å². The average molecular weight is 406 g/mol. The van der Waals surface area contributed by atoms with E-state index < -0.39 is 0 Å². The molecule has 0 aliphatic carbocycles. The number of aromatic nitrogens is 2. The van der Waals surface area contributed by atoms with Crippen LogP contribution in [0.1, 0.15) is 16.9 Å². The molecule has 156 valence electrons. The normalized spacial score (nSPS) is 19.1. The number of aromatic amines is 1. The number of piperazine rings is 1. The molecule has 2 aromatic heterocycles. The minimum absolute atomic E-state index is 0.170. The second-order valence-electron chi connectivity index (χ2n) is 7.82. The molecule has 9 nitrogen and oxygen atoms in total. The smallest absolute Gasteiger partial charge is 0.269 e.